The zero-order valence-electron chi connectivity index (χ0n) is 44.2. The van der Waals surface area contributed by atoms with Crippen LogP contribution in [0.3, 0.4) is 0 Å². The molecule has 6 nitrogen and oxygen atoms in total. The van der Waals surface area contributed by atoms with Gasteiger partial charge >= 0.3 is 17.9 Å². The van der Waals surface area contributed by atoms with Gasteiger partial charge in [-0.3, -0.25) is 14.4 Å². The maximum atomic E-state index is 12.9. The zero-order chi connectivity index (χ0) is 48.6. The van der Waals surface area contributed by atoms with Crippen LogP contribution < -0.4 is 0 Å². The molecule has 0 radical (unpaired) electrons. The van der Waals surface area contributed by atoms with Crippen molar-refractivity contribution >= 4 is 17.9 Å². The summed E-state index contributed by atoms with van der Waals surface area (Å²) in [5, 5.41) is 0. The smallest absolute Gasteiger partial charge is 0.306 e. The highest BCUT2D eigenvalue weighted by molar-refractivity contribution is 5.71. The van der Waals surface area contributed by atoms with Crippen molar-refractivity contribution in [3.8, 4) is 0 Å². The van der Waals surface area contributed by atoms with Crippen LogP contribution in [0.1, 0.15) is 278 Å². The van der Waals surface area contributed by atoms with Crippen molar-refractivity contribution in [3.63, 3.8) is 0 Å². The second kappa shape index (κ2) is 55.4. The van der Waals surface area contributed by atoms with Crippen LogP contribution in [0.5, 0.6) is 0 Å². The Kier molecular flexibility index (Phi) is 52.8. The summed E-state index contributed by atoms with van der Waals surface area (Å²) in [7, 11) is 0. The molecule has 0 aromatic rings. The molecule has 0 saturated heterocycles. The Balaban J connectivity index is 4.43. The minimum Gasteiger partial charge on any atom is -0.462 e. The Hall–Kier alpha value is -3.15. The van der Waals surface area contributed by atoms with Crippen LogP contribution >= 0.6 is 0 Å². The second-order valence-corrected chi connectivity index (χ2v) is 18.8. The van der Waals surface area contributed by atoms with Gasteiger partial charge in [0.1, 0.15) is 13.2 Å². The number of allylic oxidation sites excluding steroid dienone is 12. The van der Waals surface area contributed by atoms with Crippen LogP contribution in [0.4, 0.5) is 0 Å². The molecule has 0 heterocycles. The number of carbonyl (C=O) groups excluding carboxylic acids is 3. The average Bonchev–Trinajstić information content (AvgIpc) is 3.33. The molecule has 67 heavy (non-hydrogen) atoms. The number of hydrogen-bond acceptors (Lipinski definition) is 6. The van der Waals surface area contributed by atoms with Gasteiger partial charge in [-0.25, -0.2) is 0 Å². The largest absolute Gasteiger partial charge is 0.462 e. The standard InChI is InChI=1S/C61H106O6/c1-4-7-10-13-16-19-22-25-28-30-33-36-39-42-45-48-51-54-60(63)66-57-58(56-65-59(62)53-50-47-44-41-38-35-32-27-24-21-18-15-12-9-6-3)67-61(64)55-52-49-46-43-40-37-34-31-29-26-23-20-17-14-11-8-5-2/h7,10,16,18-19,21,25,27-28,32-33,36,58H,4-6,8-9,11-15,17,20,22-24,26,29-31,34-35,37-57H2,1-3H3/b10-7-,19-16-,21-18-,28-25-,32-27-,36-33-/t58-/m0/s1. The normalized spacial score (nSPS) is 12.6. The van der Waals surface area contributed by atoms with E-state index < -0.39 is 6.10 Å². The highest BCUT2D eigenvalue weighted by Crippen LogP contribution is 2.16. The second-order valence-electron chi connectivity index (χ2n) is 18.8. The minimum atomic E-state index is -0.790. The van der Waals surface area contributed by atoms with E-state index in [1.54, 1.807) is 0 Å². The predicted octanol–water partition coefficient (Wildman–Crippen LogP) is 19.0. The third kappa shape index (κ3) is 53.7. The number of esters is 3. The Bertz CT molecular complexity index is 1260. The number of rotatable bonds is 51. The predicted molar refractivity (Wildman–Crippen MR) is 288 cm³/mol. The molecule has 0 aliphatic heterocycles. The Morgan fingerprint density at radius 2 is 0.582 bits per heavy atom. The first-order chi connectivity index (χ1) is 33.0. The summed E-state index contributed by atoms with van der Waals surface area (Å²) in [6.07, 6.45) is 70.3. The van der Waals surface area contributed by atoms with Crippen LogP contribution in [-0.4, -0.2) is 37.2 Å². The molecule has 0 N–H and O–H groups in total. The van der Waals surface area contributed by atoms with Crippen molar-refractivity contribution in [2.24, 2.45) is 0 Å². The molecular weight excluding hydrogens is 829 g/mol. The lowest BCUT2D eigenvalue weighted by Gasteiger charge is -2.18. The van der Waals surface area contributed by atoms with Gasteiger partial charge in [0.25, 0.3) is 0 Å². The summed E-state index contributed by atoms with van der Waals surface area (Å²) < 4.78 is 16.8. The highest BCUT2D eigenvalue weighted by atomic mass is 16.6. The summed E-state index contributed by atoms with van der Waals surface area (Å²) >= 11 is 0. The first-order valence-corrected chi connectivity index (χ1v) is 28.4. The van der Waals surface area contributed by atoms with Crippen molar-refractivity contribution in [1.29, 1.82) is 0 Å². The fourth-order valence-corrected chi connectivity index (χ4v) is 7.93. The summed E-state index contributed by atoms with van der Waals surface area (Å²) in [4.78, 5) is 38.1. The van der Waals surface area contributed by atoms with Gasteiger partial charge in [-0.15, -0.1) is 0 Å². The molecule has 0 aliphatic carbocycles. The molecule has 1 atom stereocenters. The molecule has 386 valence electrons. The van der Waals surface area contributed by atoms with E-state index in [-0.39, 0.29) is 31.1 Å². The lowest BCUT2D eigenvalue weighted by Crippen LogP contribution is -2.30. The molecule has 0 spiro atoms. The van der Waals surface area contributed by atoms with E-state index in [9.17, 15) is 14.4 Å². The van der Waals surface area contributed by atoms with Gasteiger partial charge in [-0.05, 0) is 89.9 Å². The summed E-state index contributed by atoms with van der Waals surface area (Å²) in [6, 6.07) is 0. The quantitative estimate of drug-likeness (QED) is 0.0262. The summed E-state index contributed by atoms with van der Waals surface area (Å²) in [5.74, 6) is -0.916. The van der Waals surface area contributed by atoms with E-state index in [0.717, 1.165) is 116 Å². The Morgan fingerprint density at radius 3 is 0.940 bits per heavy atom. The third-order valence-corrected chi connectivity index (χ3v) is 12.2. The van der Waals surface area contributed by atoms with Gasteiger partial charge in [0, 0.05) is 19.3 Å². The lowest BCUT2D eigenvalue weighted by molar-refractivity contribution is -0.167. The first-order valence-electron chi connectivity index (χ1n) is 28.4. The van der Waals surface area contributed by atoms with Crippen LogP contribution in [0.25, 0.3) is 0 Å². The van der Waals surface area contributed by atoms with E-state index in [1.807, 2.05) is 0 Å². The van der Waals surface area contributed by atoms with Gasteiger partial charge in [-0.1, -0.05) is 241 Å². The molecule has 0 bridgehead atoms. The van der Waals surface area contributed by atoms with E-state index in [2.05, 4.69) is 93.7 Å². The molecule has 0 aromatic carbocycles. The fraction of sp³-hybridized carbons (Fsp3) is 0.754. The van der Waals surface area contributed by atoms with E-state index >= 15 is 0 Å². The van der Waals surface area contributed by atoms with Crippen molar-refractivity contribution < 1.29 is 28.6 Å². The molecule has 0 rings (SSSR count). The number of carbonyl (C=O) groups is 3. The van der Waals surface area contributed by atoms with Gasteiger partial charge in [0.15, 0.2) is 6.10 Å². The number of unbranched alkanes of at least 4 members (excludes halogenated alkanes) is 28. The summed E-state index contributed by atoms with van der Waals surface area (Å²) in [5.41, 5.74) is 0. The van der Waals surface area contributed by atoms with Crippen LogP contribution in [0.2, 0.25) is 0 Å². The Morgan fingerprint density at radius 1 is 0.313 bits per heavy atom. The van der Waals surface area contributed by atoms with Crippen molar-refractivity contribution in [2.45, 2.75) is 284 Å². The fourth-order valence-electron chi connectivity index (χ4n) is 7.93. The molecule has 0 fully saturated rings. The van der Waals surface area contributed by atoms with Crippen molar-refractivity contribution in [3.05, 3.63) is 72.9 Å². The van der Waals surface area contributed by atoms with Gasteiger partial charge < -0.3 is 14.2 Å². The number of ether oxygens (including phenoxy) is 3. The van der Waals surface area contributed by atoms with Gasteiger partial charge in [0.05, 0.1) is 0 Å². The Labute approximate surface area is 414 Å². The SMILES string of the molecule is CC/C=C\C/C=C\C/C=C\C/C=C\CCCCCCC(=O)OC[C@H](COC(=O)CCCCCCC/C=C\C/C=C\CCCCC)OC(=O)CCCCCCCCCCCCCCCCCCC. The van der Waals surface area contributed by atoms with E-state index in [1.165, 1.54) is 122 Å². The topological polar surface area (TPSA) is 78.9 Å². The molecule has 6 heteroatoms. The van der Waals surface area contributed by atoms with Crippen LogP contribution in [-0.2, 0) is 28.6 Å². The van der Waals surface area contributed by atoms with Crippen molar-refractivity contribution in [1.82, 2.24) is 0 Å². The lowest BCUT2D eigenvalue weighted by atomic mass is 10.0. The highest BCUT2D eigenvalue weighted by Gasteiger charge is 2.19. The van der Waals surface area contributed by atoms with Gasteiger partial charge in [0.2, 0.25) is 0 Å². The van der Waals surface area contributed by atoms with E-state index in [4.69, 9.17) is 14.2 Å². The first kappa shape index (κ1) is 63.8. The monoisotopic (exact) mass is 935 g/mol. The maximum absolute atomic E-state index is 12.9. The molecule has 0 amide bonds. The summed E-state index contributed by atoms with van der Waals surface area (Å²) in [6.45, 7) is 6.49. The average molecular weight is 936 g/mol. The van der Waals surface area contributed by atoms with Crippen LogP contribution in [0, 0.1) is 0 Å². The van der Waals surface area contributed by atoms with E-state index in [0.29, 0.717) is 19.3 Å². The molecular formula is C61H106O6. The zero-order valence-corrected chi connectivity index (χ0v) is 44.2. The number of hydrogen-bond donors (Lipinski definition) is 0. The maximum Gasteiger partial charge on any atom is 0.306 e. The molecule has 0 unspecified atom stereocenters. The van der Waals surface area contributed by atoms with Crippen LogP contribution in [0.15, 0.2) is 72.9 Å². The molecule has 0 aliphatic rings. The van der Waals surface area contributed by atoms with Gasteiger partial charge in [-0.2, -0.15) is 0 Å². The molecule has 0 saturated carbocycles. The minimum absolute atomic E-state index is 0.0888. The molecule has 0 aromatic heterocycles. The third-order valence-electron chi connectivity index (χ3n) is 12.2. The van der Waals surface area contributed by atoms with Crippen molar-refractivity contribution in [2.75, 3.05) is 13.2 Å².